The van der Waals surface area contributed by atoms with Gasteiger partial charge in [0.1, 0.15) is 0 Å². The molecule has 1 heterocycles. The van der Waals surface area contributed by atoms with Crippen molar-refractivity contribution in [3.63, 3.8) is 0 Å². The van der Waals surface area contributed by atoms with Crippen molar-refractivity contribution >= 4 is 0 Å². The van der Waals surface area contributed by atoms with Gasteiger partial charge in [0.05, 0.1) is 12.2 Å². The SMILES string of the molecule is CC(CO)CCC1(O)OC2C[C@H]3[C@@H]4CC=C5C[C@@H](O)CC[C@]5(C)[C@H]4CC[C@]3(C)[C@H]2[C@@H]1C. The summed E-state index contributed by atoms with van der Waals surface area (Å²) in [5.41, 5.74) is 2.05. The molecule has 0 spiro atoms. The van der Waals surface area contributed by atoms with Gasteiger partial charge in [0.15, 0.2) is 5.79 Å². The summed E-state index contributed by atoms with van der Waals surface area (Å²) < 4.78 is 6.49. The lowest BCUT2D eigenvalue weighted by Gasteiger charge is -2.58. The lowest BCUT2D eigenvalue weighted by atomic mass is 9.47. The zero-order valence-electron chi connectivity index (χ0n) is 20.0. The van der Waals surface area contributed by atoms with Crippen LogP contribution in [0.4, 0.5) is 0 Å². The van der Waals surface area contributed by atoms with Crippen molar-refractivity contribution in [3.8, 4) is 0 Å². The Kier molecular flexibility index (Phi) is 5.45. The lowest BCUT2D eigenvalue weighted by Crippen LogP contribution is -2.51. The Bertz CT molecular complexity index is 735. The standard InChI is InChI=1S/C27H44O4/c1-16(15-28)7-12-27(30)17(2)24-23(31-27)14-22-20-6-5-18-13-19(29)8-10-25(18,3)21(20)9-11-26(22,24)4/h5,16-17,19-24,28-30H,6-15H2,1-4H3/t16?,17-,19-,20+,21-,22-,23?,24-,25-,26-,27?/m0/s1. The van der Waals surface area contributed by atoms with Crippen molar-refractivity contribution in [2.45, 2.75) is 103 Å². The molecule has 4 fully saturated rings. The minimum Gasteiger partial charge on any atom is -0.396 e. The van der Waals surface area contributed by atoms with Gasteiger partial charge in [0.2, 0.25) is 0 Å². The van der Waals surface area contributed by atoms with E-state index in [-0.39, 0.29) is 41.5 Å². The van der Waals surface area contributed by atoms with E-state index in [0.717, 1.165) is 44.4 Å². The summed E-state index contributed by atoms with van der Waals surface area (Å²) in [5, 5.41) is 31.1. The minimum atomic E-state index is -1.03. The second-order valence-corrected chi connectivity index (χ2v) is 12.6. The molecule has 3 N–H and O–H groups in total. The molecule has 4 aliphatic carbocycles. The molecule has 1 aliphatic heterocycles. The van der Waals surface area contributed by atoms with Crippen LogP contribution in [0, 0.1) is 46.3 Å². The molecule has 3 saturated carbocycles. The Morgan fingerprint density at radius 1 is 1.19 bits per heavy atom. The fourth-order valence-corrected chi connectivity index (χ4v) is 9.16. The summed E-state index contributed by atoms with van der Waals surface area (Å²) in [6.07, 6.45) is 11.7. The number of aliphatic hydroxyl groups is 3. The second-order valence-electron chi connectivity index (χ2n) is 12.6. The number of ether oxygens (including phenoxy) is 1. The molecule has 0 aromatic rings. The van der Waals surface area contributed by atoms with Gasteiger partial charge in [0, 0.05) is 18.9 Å². The van der Waals surface area contributed by atoms with Crippen LogP contribution in [0.3, 0.4) is 0 Å². The van der Waals surface area contributed by atoms with Crippen LogP contribution in [0.2, 0.25) is 0 Å². The number of rotatable bonds is 4. The van der Waals surface area contributed by atoms with Crippen LogP contribution in [0.1, 0.15) is 85.5 Å². The Hall–Kier alpha value is -0.420. The van der Waals surface area contributed by atoms with Crippen LogP contribution < -0.4 is 0 Å². The summed E-state index contributed by atoms with van der Waals surface area (Å²) in [7, 11) is 0. The van der Waals surface area contributed by atoms with Crippen molar-refractivity contribution in [2.75, 3.05) is 6.61 Å². The van der Waals surface area contributed by atoms with Crippen molar-refractivity contribution in [1.29, 1.82) is 0 Å². The van der Waals surface area contributed by atoms with Crippen LogP contribution in [0.5, 0.6) is 0 Å². The maximum atomic E-state index is 11.4. The number of hydrogen-bond donors (Lipinski definition) is 3. The molecule has 0 radical (unpaired) electrons. The number of hydrogen-bond acceptors (Lipinski definition) is 4. The van der Waals surface area contributed by atoms with Crippen molar-refractivity contribution < 1.29 is 20.1 Å². The zero-order valence-corrected chi connectivity index (χ0v) is 20.0. The van der Waals surface area contributed by atoms with Gasteiger partial charge in [-0.1, -0.05) is 39.3 Å². The molecule has 0 aromatic heterocycles. The Balaban J connectivity index is 1.37. The highest BCUT2D eigenvalue weighted by atomic mass is 16.6. The fraction of sp³-hybridized carbons (Fsp3) is 0.926. The van der Waals surface area contributed by atoms with Gasteiger partial charge in [-0.15, -0.1) is 0 Å². The van der Waals surface area contributed by atoms with Crippen LogP contribution in [-0.4, -0.2) is 39.9 Å². The summed E-state index contributed by atoms with van der Waals surface area (Å²) in [4.78, 5) is 0. The predicted molar refractivity (Wildman–Crippen MR) is 121 cm³/mol. The van der Waals surface area contributed by atoms with Gasteiger partial charge < -0.3 is 20.1 Å². The molecule has 5 aliphatic rings. The molecule has 176 valence electrons. The third-order valence-electron chi connectivity index (χ3n) is 11.1. The van der Waals surface area contributed by atoms with Crippen LogP contribution in [-0.2, 0) is 4.74 Å². The molecule has 0 amide bonds. The van der Waals surface area contributed by atoms with Gasteiger partial charge >= 0.3 is 0 Å². The van der Waals surface area contributed by atoms with E-state index in [0.29, 0.717) is 24.2 Å². The molecular weight excluding hydrogens is 388 g/mol. The average Bonchev–Trinajstić information content (AvgIpc) is 3.17. The highest BCUT2D eigenvalue weighted by Gasteiger charge is 2.67. The highest BCUT2D eigenvalue weighted by molar-refractivity contribution is 5.26. The maximum Gasteiger partial charge on any atom is 0.168 e. The Labute approximate surface area is 188 Å². The lowest BCUT2D eigenvalue weighted by molar-refractivity contribution is -0.220. The van der Waals surface area contributed by atoms with Gasteiger partial charge in [-0.05, 0) is 91.8 Å². The second kappa shape index (κ2) is 7.55. The van der Waals surface area contributed by atoms with E-state index in [1.165, 1.54) is 18.4 Å². The van der Waals surface area contributed by atoms with Gasteiger partial charge in [-0.25, -0.2) is 0 Å². The van der Waals surface area contributed by atoms with Crippen molar-refractivity contribution in [1.82, 2.24) is 0 Å². The smallest absolute Gasteiger partial charge is 0.168 e. The zero-order chi connectivity index (χ0) is 22.2. The van der Waals surface area contributed by atoms with E-state index in [4.69, 9.17) is 4.74 Å². The third-order valence-corrected chi connectivity index (χ3v) is 11.1. The van der Waals surface area contributed by atoms with Crippen LogP contribution in [0.15, 0.2) is 11.6 Å². The van der Waals surface area contributed by atoms with E-state index in [1.54, 1.807) is 0 Å². The Morgan fingerprint density at radius 3 is 2.71 bits per heavy atom. The molecule has 4 heteroatoms. The average molecular weight is 433 g/mol. The van der Waals surface area contributed by atoms with Crippen LogP contribution >= 0.6 is 0 Å². The van der Waals surface area contributed by atoms with E-state index >= 15 is 0 Å². The largest absolute Gasteiger partial charge is 0.396 e. The van der Waals surface area contributed by atoms with Crippen molar-refractivity contribution in [3.05, 3.63) is 11.6 Å². The number of aliphatic hydroxyl groups excluding tert-OH is 2. The third kappa shape index (κ3) is 3.22. The maximum absolute atomic E-state index is 11.4. The topological polar surface area (TPSA) is 69.9 Å². The quantitative estimate of drug-likeness (QED) is 0.565. The summed E-state index contributed by atoms with van der Waals surface area (Å²) in [5.74, 6) is 1.87. The molecule has 11 atom stereocenters. The van der Waals surface area contributed by atoms with Gasteiger partial charge in [-0.3, -0.25) is 0 Å². The van der Waals surface area contributed by atoms with Gasteiger partial charge in [-0.2, -0.15) is 0 Å². The molecule has 0 bridgehead atoms. The molecular formula is C27H44O4. The molecule has 4 nitrogen and oxygen atoms in total. The first-order valence-corrected chi connectivity index (χ1v) is 13.0. The molecule has 0 aromatic carbocycles. The normalized spacial score (nSPS) is 54.4. The minimum absolute atomic E-state index is 0.143. The van der Waals surface area contributed by atoms with E-state index in [9.17, 15) is 15.3 Å². The van der Waals surface area contributed by atoms with Crippen LogP contribution in [0.25, 0.3) is 0 Å². The van der Waals surface area contributed by atoms with E-state index < -0.39 is 5.79 Å². The predicted octanol–water partition coefficient (Wildman–Crippen LogP) is 4.67. The number of fused-ring (bicyclic) bond motifs is 7. The highest BCUT2D eigenvalue weighted by Crippen LogP contribution is 2.70. The summed E-state index contributed by atoms with van der Waals surface area (Å²) >= 11 is 0. The number of allylic oxidation sites excluding steroid dienone is 1. The Morgan fingerprint density at radius 2 is 1.97 bits per heavy atom. The molecule has 5 rings (SSSR count). The molecule has 3 unspecified atom stereocenters. The monoisotopic (exact) mass is 432 g/mol. The fourth-order valence-electron chi connectivity index (χ4n) is 9.16. The van der Waals surface area contributed by atoms with E-state index in [1.807, 2.05) is 6.92 Å². The first kappa shape index (κ1) is 22.4. The molecule has 31 heavy (non-hydrogen) atoms. The summed E-state index contributed by atoms with van der Waals surface area (Å²) in [6.45, 7) is 9.42. The molecule has 1 saturated heterocycles. The first-order valence-electron chi connectivity index (χ1n) is 13.0. The first-order chi connectivity index (χ1) is 14.6. The van der Waals surface area contributed by atoms with Gasteiger partial charge in [0.25, 0.3) is 0 Å². The van der Waals surface area contributed by atoms with Crippen molar-refractivity contribution in [2.24, 2.45) is 46.3 Å². The summed E-state index contributed by atoms with van der Waals surface area (Å²) in [6, 6.07) is 0. The van der Waals surface area contributed by atoms with E-state index in [2.05, 4.69) is 26.8 Å².